The van der Waals surface area contributed by atoms with Crippen LogP contribution in [0.5, 0.6) is 0 Å². The number of nitrogens with zero attached hydrogens (tertiary/aromatic N) is 3. The molecule has 124 valence electrons. The Balaban J connectivity index is 1.98. The summed E-state index contributed by atoms with van der Waals surface area (Å²) in [6, 6.07) is 3.89. The quantitative estimate of drug-likeness (QED) is 0.788. The molecule has 0 unspecified atom stereocenters. The zero-order chi connectivity index (χ0) is 16.4. The van der Waals surface area contributed by atoms with Gasteiger partial charge >= 0.3 is 5.97 Å². The van der Waals surface area contributed by atoms with E-state index in [1.54, 1.807) is 17.5 Å². The first-order valence-corrected chi connectivity index (χ1v) is 8.65. The molecule has 1 saturated carbocycles. The van der Waals surface area contributed by atoms with Gasteiger partial charge in [0.15, 0.2) is 11.3 Å². The van der Waals surface area contributed by atoms with Gasteiger partial charge in [0.05, 0.1) is 6.61 Å². The number of hydrogen-bond acceptors (Lipinski definition) is 4. The molecule has 0 aromatic carbocycles. The van der Waals surface area contributed by atoms with E-state index >= 15 is 0 Å². The number of aromatic nitrogens is 3. The summed E-state index contributed by atoms with van der Waals surface area (Å²) in [5.41, 5.74) is 3.29. The van der Waals surface area contributed by atoms with Gasteiger partial charge in [-0.2, -0.15) is 5.10 Å². The number of hydrogen-bond donors (Lipinski definition) is 0. The summed E-state index contributed by atoms with van der Waals surface area (Å²) < 4.78 is 6.84. The minimum atomic E-state index is -0.384. The third kappa shape index (κ3) is 3.38. The molecule has 0 atom stereocenters. The monoisotopic (exact) mass is 315 g/mol. The summed E-state index contributed by atoms with van der Waals surface area (Å²) in [6.45, 7) is 6.43. The van der Waals surface area contributed by atoms with Gasteiger partial charge < -0.3 is 4.74 Å². The Hall–Kier alpha value is -1.91. The summed E-state index contributed by atoms with van der Waals surface area (Å²) in [6.07, 6.45) is 6.30. The maximum atomic E-state index is 11.9. The van der Waals surface area contributed by atoms with Crippen LogP contribution in [-0.2, 0) is 11.2 Å². The van der Waals surface area contributed by atoms with Crippen molar-refractivity contribution >= 4 is 11.6 Å². The molecule has 5 nitrogen and oxygen atoms in total. The topological polar surface area (TPSA) is 56.5 Å². The van der Waals surface area contributed by atoms with Crippen LogP contribution in [0.4, 0.5) is 0 Å². The van der Waals surface area contributed by atoms with Crippen LogP contribution in [0.15, 0.2) is 12.1 Å². The molecule has 2 aromatic rings. The van der Waals surface area contributed by atoms with Crippen molar-refractivity contribution in [2.45, 2.75) is 58.8 Å². The summed E-state index contributed by atoms with van der Waals surface area (Å²) in [4.78, 5) is 16.7. The first kappa shape index (κ1) is 16.0. The van der Waals surface area contributed by atoms with Gasteiger partial charge in [0.25, 0.3) is 0 Å². The molecule has 2 aromatic heterocycles. The SMILES string of the molecule is CCOC(=O)c1cc2nc(CC3CCCC3)cc(C(C)C)n2n1. The highest BCUT2D eigenvalue weighted by atomic mass is 16.5. The van der Waals surface area contributed by atoms with E-state index in [2.05, 4.69) is 25.0 Å². The lowest BCUT2D eigenvalue weighted by Gasteiger charge is -2.13. The molecule has 0 saturated heterocycles. The molecule has 5 heteroatoms. The number of ether oxygens (including phenoxy) is 1. The summed E-state index contributed by atoms with van der Waals surface area (Å²) in [5, 5.41) is 4.41. The van der Waals surface area contributed by atoms with E-state index in [1.165, 1.54) is 25.7 Å². The van der Waals surface area contributed by atoms with Crippen molar-refractivity contribution in [3.05, 3.63) is 29.2 Å². The molecular formula is C18H25N3O2. The minimum Gasteiger partial charge on any atom is -0.461 e. The van der Waals surface area contributed by atoms with Crippen molar-refractivity contribution in [2.24, 2.45) is 5.92 Å². The summed E-state index contributed by atoms with van der Waals surface area (Å²) >= 11 is 0. The van der Waals surface area contributed by atoms with Gasteiger partial charge in [-0.15, -0.1) is 0 Å². The second-order valence-corrected chi connectivity index (χ2v) is 6.70. The van der Waals surface area contributed by atoms with Crippen LogP contribution in [0, 0.1) is 5.92 Å². The van der Waals surface area contributed by atoms with Crippen LogP contribution in [0.25, 0.3) is 5.65 Å². The van der Waals surface area contributed by atoms with E-state index in [0.717, 1.165) is 29.4 Å². The Morgan fingerprint density at radius 2 is 2.09 bits per heavy atom. The Morgan fingerprint density at radius 3 is 2.74 bits per heavy atom. The predicted octanol–water partition coefficient (Wildman–Crippen LogP) is 3.76. The van der Waals surface area contributed by atoms with Crippen LogP contribution in [0.1, 0.15) is 74.2 Å². The van der Waals surface area contributed by atoms with Gasteiger partial charge in [-0.05, 0) is 31.2 Å². The van der Waals surface area contributed by atoms with Gasteiger partial charge in [-0.1, -0.05) is 39.5 Å². The van der Waals surface area contributed by atoms with Crippen molar-refractivity contribution in [3.8, 4) is 0 Å². The second-order valence-electron chi connectivity index (χ2n) is 6.70. The Bertz CT molecular complexity index is 700. The fraction of sp³-hybridized carbons (Fsp3) is 0.611. The zero-order valence-corrected chi connectivity index (χ0v) is 14.2. The van der Waals surface area contributed by atoms with E-state index < -0.39 is 0 Å². The van der Waals surface area contributed by atoms with Crippen molar-refractivity contribution in [2.75, 3.05) is 6.61 Å². The fourth-order valence-electron chi connectivity index (χ4n) is 3.38. The van der Waals surface area contributed by atoms with Gasteiger partial charge in [0.1, 0.15) is 0 Å². The maximum Gasteiger partial charge on any atom is 0.358 e. The molecule has 0 spiro atoms. The van der Waals surface area contributed by atoms with Crippen molar-refractivity contribution < 1.29 is 9.53 Å². The van der Waals surface area contributed by atoms with Crippen LogP contribution >= 0.6 is 0 Å². The number of fused-ring (bicyclic) bond motifs is 1. The Labute approximate surface area is 137 Å². The summed E-state index contributed by atoms with van der Waals surface area (Å²) in [7, 11) is 0. The molecule has 2 heterocycles. The van der Waals surface area contributed by atoms with Crippen LogP contribution < -0.4 is 0 Å². The van der Waals surface area contributed by atoms with Crippen LogP contribution in [-0.4, -0.2) is 27.2 Å². The number of esters is 1. The summed E-state index contributed by atoms with van der Waals surface area (Å²) in [5.74, 6) is 0.681. The van der Waals surface area contributed by atoms with E-state index in [-0.39, 0.29) is 5.97 Å². The zero-order valence-electron chi connectivity index (χ0n) is 14.2. The largest absolute Gasteiger partial charge is 0.461 e. The van der Waals surface area contributed by atoms with Crippen molar-refractivity contribution in [1.29, 1.82) is 0 Å². The first-order valence-electron chi connectivity index (χ1n) is 8.65. The highest BCUT2D eigenvalue weighted by Gasteiger charge is 2.20. The highest BCUT2D eigenvalue weighted by Crippen LogP contribution is 2.28. The lowest BCUT2D eigenvalue weighted by molar-refractivity contribution is 0.0519. The normalized spacial score (nSPS) is 15.7. The molecule has 1 aliphatic rings. The third-order valence-corrected chi connectivity index (χ3v) is 4.56. The number of carbonyl (C=O) groups excluding carboxylic acids is 1. The van der Waals surface area contributed by atoms with Crippen molar-refractivity contribution in [3.63, 3.8) is 0 Å². The highest BCUT2D eigenvalue weighted by molar-refractivity contribution is 5.88. The Kier molecular flexibility index (Phi) is 4.64. The van der Waals surface area contributed by atoms with E-state index in [1.807, 2.05) is 0 Å². The standard InChI is InChI=1S/C18H25N3O2/c1-4-23-18(22)15-11-17-19-14(9-13-7-5-6-8-13)10-16(12(2)3)21(17)20-15/h10-13H,4-9H2,1-3H3. The molecule has 3 rings (SSSR count). The molecule has 1 aliphatic carbocycles. The first-order chi connectivity index (χ1) is 11.1. The lowest BCUT2D eigenvalue weighted by atomic mass is 10.00. The van der Waals surface area contributed by atoms with Crippen molar-refractivity contribution in [1.82, 2.24) is 14.6 Å². The molecule has 23 heavy (non-hydrogen) atoms. The van der Waals surface area contributed by atoms with Crippen LogP contribution in [0.2, 0.25) is 0 Å². The smallest absolute Gasteiger partial charge is 0.358 e. The molecule has 0 bridgehead atoms. The number of carbonyl (C=O) groups is 1. The molecule has 0 aliphatic heterocycles. The van der Waals surface area contributed by atoms with E-state index in [0.29, 0.717) is 18.2 Å². The minimum absolute atomic E-state index is 0.317. The van der Waals surface area contributed by atoms with E-state index in [4.69, 9.17) is 9.72 Å². The fourth-order valence-corrected chi connectivity index (χ4v) is 3.38. The molecule has 0 amide bonds. The Morgan fingerprint density at radius 1 is 1.35 bits per heavy atom. The second kappa shape index (κ2) is 6.69. The number of rotatable bonds is 5. The van der Waals surface area contributed by atoms with Gasteiger partial charge in [-0.3, -0.25) is 0 Å². The van der Waals surface area contributed by atoms with Crippen LogP contribution in [0.3, 0.4) is 0 Å². The van der Waals surface area contributed by atoms with Gasteiger partial charge in [-0.25, -0.2) is 14.3 Å². The molecule has 0 N–H and O–H groups in total. The molecule has 1 fully saturated rings. The van der Waals surface area contributed by atoms with Gasteiger partial charge in [0.2, 0.25) is 0 Å². The maximum absolute atomic E-state index is 11.9. The van der Waals surface area contributed by atoms with Gasteiger partial charge in [0, 0.05) is 17.5 Å². The average Bonchev–Trinajstić information content (AvgIpc) is 3.15. The average molecular weight is 315 g/mol. The lowest BCUT2D eigenvalue weighted by Crippen LogP contribution is -2.09. The van der Waals surface area contributed by atoms with E-state index in [9.17, 15) is 4.79 Å². The predicted molar refractivity (Wildman–Crippen MR) is 88.7 cm³/mol. The third-order valence-electron chi connectivity index (χ3n) is 4.56. The molecule has 0 radical (unpaired) electrons. The molecular weight excluding hydrogens is 290 g/mol.